The Bertz CT molecular complexity index is 999. The summed E-state index contributed by atoms with van der Waals surface area (Å²) in [5.74, 6) is 0.947. The third kappa shape index (κ3) is 3.49. The van der Waals surface area contributed by atoms with Gasteiger partial charge in [0.2, 0.25) is 0 Å². The molecule has 1 fully saturated rings. The molecule has 0 aliphatic carbocycles. The Morgan fingerprint density at radius 3 is 2.17 bits per heavy atom. The minimum atomic E-state index is -0.297. The van der Waals surface area contributed by atoms with Crippen LogP contribution in [0.25, 0.3) is 5.57 Å². The van der Waals surface area contributed by atoms with Crippen molar-refractivity contribution in [2.24, 2.45) is 11.8 Å². The number of para-hydroxylation sites is 1. The molecule has 2 unspecified atom stereocenters. The predicted octanol–water partition coefficient (Wildman–Crippen LogP) is 4.27. The number of methoxy groups -OCH3 is 1. The van der Waals surface area contributed by atoms with E-state index < -0.39 is 0 Å². The van der Waals surface area contributed by atoms with E-state index in [1.165, 1.54) is 4.90 Å². The molecule has 2 aliphatic heterocycles. The maximum absolute atomic E-state index is 13.7. The second kappa shape index (κ2) is 7.98. The van der Waals surface area contributed by atoms with Gasteiger partial charge in [0.15, 0.2) is 0 Å². The number of carbonyl (C=O) groups excluding carboxylic acids is 2. The van der Waals surface area contributed by atoms with Crippen molar-refractivity contribution in [1.82, 2.24) is 4.90 Å². The van der Waals surface area contributed by atoms with Crippen molar-refractivity contribution >= 4 is 23.1 Å². The molecule has 156 valence electrons. The largest absolute Gasteiger partial charge is 0.496 e. The lowest BCUT2D eigenvalue weighted by atomic mass is 9.91. The summed E-state index contributed by atoms with van der Waals surface area (Å²) in [7, 11) is 1.59. The van der Waals surface area contributed by atoms with Gasteiger partial charge in [-0.25, -0.2) is 4.90 Å². The molecule has 0 radical (unpaired) electrons. The van der Waals surface area contributed by atoms with Crippen LogP contribution < -0.4 is 9.64 Å². The number of rotatable bonds is 4. The normalized spacial score (nSPS) is 22.1. The van der Waals surface area contributed by atoms with Gasteiger partial charge in [-0.15, -0.1) is 0 Å². The van der Waals surface area contributed by atoms with Crippen LogP contribution in [0.15, 0.2) is 54.2 Å². The molecule has 0 bridgehead atoms. The Labute approximate surface area is 177 Å². The van der Waals surface area contributed by atoms with Crippen molar-refractivity contribution in [2.45, 2.75) is 27.2 Å². The summed E-state index contributed by atoms with van der Waals surface area (Å²) >= 11 is 0. The van der Waals surface area contributed by atoms with Crippen molar-refractivity contribution in [3.05, 3.63) is 65.4 Å². The fourth-order valence-corrected chi connectivity index (χ4v) is 4.68. The third-order valence-electron chi connectivity index (χ3n) is 5.91. The van der Waals surface area contributed by atoms with Crippen LogP contribution in [0.1, 0.15) is 31.4 Å². The second-order valence-electron chi connectivity index (χ2n) is 8.56. The van der Waals surface area contributed by atoms with Gasteiger partial charge < -0.3 is 9.64 Å². The Hall–Kier alpha value is -3.08. The number of aryl methyl sites for hydroxylation is 1. The zero-order valence-electron chi connectivity index (χ0n) is 18.0. The van der Waals surface area contributed by atoms with E-state index in [0.717, 1.165) is 25.1 Å². The molecule has 2 amide bonds. The van der Waals surface area contributed by atoms with E-state index in [0.29, 0.717) is 40.1 Å². The number of amides is 2. The van der Waals surface area contributed by atoms with Crippen LogP contribution in [0.5, 0.6) is 5.75 Å². The molecule has 0 aromatic heterocycles. The fraction of sp³-hybridized carbons (Fsp3) is 0.360. The van der Waals surface area contributed by atoms with Crippen LogP contribution in [0, 0.1) is 18.8 Å². The van der Waals surface area contributed by atoms with Gasteiger partial charge >= 0.3 is 0 Å². The first kappa shape index (κ1) is 20.2. The standard InChI is InChI=1S/C25H28N2O3/c1-16-9-11-19(12-10-16)27-24(28)22(20-7-5-6-8-21(20)30-4)23(25(27)29)26-14-17(2)13-18(3)15-26/h5-12,17-18H,13-15H2,1-4H3. The average Bonchev–Trinajstić information content (AvgIpc) is 2.98. The van der Waals surface area contributed by atoms with Gasteiger partial charge in [-0.05, 0) is 43.4 Å². The molecule has 0 N–H and O–H groups in total. The molecule has 2 aromatic carbocycles. The van der Waals surface area contributed by atoms with E-state index >= 15 is 0 Å². The van der Waals surface area contributed by atoms with E-state index in [1.807, 2.05) is 55.5 Å². The number of nitrogens with zero attached hydrogens (tertiary/aromatic N) is 2. The van der Waals surface area contributed by atoms with Gasteiger partial charge in [-0.3, -0.25) is 9.59 Å². The molecular weight excluding hydrogens is 376 g/mol. The van der Waals surface area contributed by atoms with Crippen molar-refractivity contribution in [2.75, 3.05) is 25.1 Å². The fourth-order valence-electron chi connectivity index (χ4n) is 4.68. The molecule has 2 aromatic rings. The monoisotopic (exact) mass is 404 g/mol. The van der Waals surface area contributed by atoms with Crippen molar-refractivity contribution < 1.29 is 14.3 Å². The van der Waals surface area contributed by atoms with Gasteiger partial charge in [-0.1, -0.05) is 49.7 Å². The maximum Gasteiger partial charge on any atom is 0.282 e. The molecule has 5 nitrogen and oxygen atoms in total. The minimum Gasteiger partial charge on any atom is -0.496 e. The van der Waals surface area contributed by atoms with Gasteiger partial charge in [0.1, 0.15) is 11.4 Å². The molecule has 4 rings (SSSR count). The maximum atomic E-state index is 13.7. The lowest BCUT2D eigenvalue weighted by Gasteiger charge is -2.37. The van der Waals surface area contributed by atoms with Gasteiger partial charge in [0.25, 0.3) is 11.8 Å². The number of likely N-dealkylation sites (tertiary alicyclic amines) is 1. The first-order valence-electron chi connectivity index (χ1n) is 10.5. The smallest absolute Gasteiger partial charge is 0.282 e. The first-order chi connectivity index (χ1) is 14.4. The molecule has 1 saturated heterocycles. The Morgan fingerprint density at radius 1 is 0.900 bits per heavy atom. The van der Waals surface area contributed by atoms with E-state index in [-0.39, 0.29) is 11.8 Å². The lowest BCUT2D eigenvalue weighted by molar-refractivity contribution is -0.120. The third-order valence-corrected chi connectivity index (χ3v) is 5.91. The molecule has 2 atom stereocenters. The van der Waals surface area contributed by atoms with E-state index in [2.05, 4.69) is 18.7 Å². The topological polar surface area (TPSA) is 49.9 Å². The number of hydrogen-bond donors (Lipinski definition) is 0. The van der Waals surface area contributed by atoms with Crippen LogP contribution in [0.2, 0.25) is 0 Å². The molecular formula is C25H28N2O3. The number of ether oxygens (including phenoxy) is 1. The molecule has 0 saturated carbocycles. The average molecular weight is 405 g/mol. The Kier molecular flexibility index (Phi) is 5.37. The van der Waals surface area contributed by atoms with Gasteiger partial charge in [0, 0.05) is 18.7 Å². The summed E-state index contributed by atoms with van der Waals surface area (Å²) in [6.07, 6.45) is 1.12. The summed E-state index contributed by atoms with van der Waals surface area (Å²) in [6.45, 7) is 7.91. The van der Waals surface area contributed by atoms with Crippen molar-refractivity contribution in [3.8, 4) is 5.75 Å². The number of carbonyl (C=O) groups is 2. The Balaban J connectivity index is 1.87. The first-order valence-corrected chi connectivity index (χ1v) is 10.5. The van der Waals surface area contributed by atoms with E-state index in [9.17, 15) is 9.59 Å². The number of benzene rings is 2. The molecule has 2 heterocycles. The molecule has 30 heavy (non-hydrogen) atoms. The SMILES string of the molecule is COc1ccccc1C1=C(N2CC(C)CC(C)C2)C(=O)N(c2ccc(C)cc2)C1=O. The summed E-state index contributed by atoms with van der Waals surface area (Å²) in [5, 5.41) is 0. The summed E-state index contributed by atoms with van der Waals surface area (Å²) in [6, 6.07) is 14.9. The number of piperidine rings is 1. The summed E-state index contributed by atoms with van der Waals surface area (Å²) in [5.41, 5.74) is 3.25. The summed E-state index contributed by atoms with van der Waals surface area (Å²) in [4.78, 5) is 30.7. The number of hydrogen-bond acceptors (Lipinski definition) is 4. The van der Waals surface area contributed by atoms with E-state index in [4.69, 9.17) is 4.74 Å². The number of anilines is 1. The summed E-state index contributed by atoms with van der Waals surface area (Å²) < 4.78 is 5.54. The zero-order valence-corrected chi connectivity index (χ0v) is 18.0. The highest BCUT2D eigenvalue weighted by atomic mass is 16.5. The highest BCUT2D eigenvalue weighted by Gasteiger charge is 2.44. The highest BCUT2D eigenvalue weighted by Crippen LogP contribution is 2.39. The van der Waals surface area contributed by atoms with Crippen LogP contribution in [-0.2, 0) is 9.59 Å². The van der Waals surface area contributed by atoms with Crippen molar-refractivity contribution in [1.29, 1.82) is 0 Å². The Morgan fingerprint density at radius 2 is 1.53 bits per heavy atom. The van der Waals surface area contributed by atoms with Crippen molar-refractivity contribution in [3.63, 3.8) is 0 Å². The van der Waals surface area contributed by atoms with Crippen LogP contribution in [-0.4, -0.2) is 36.9 Å². The predicted molar refractivity (Wildman–Crippen MR) is 118 cm³/mol. The van der Waals surface area contributed by atoms with Gasteiger partial charge in [0.05, 0.1) is 18.4 Å². The minimum absolute atomic E-state index is 0.258. The zero-order chi connectivity index (χ0) is 21.4. The van der Waals surface area contributed by atoms with Crippen LogP contribution >= 0.6 is 0 Å². The second-order valence-corrected chi connectivity index (χ2v) is 8.56. The van der Waals surface area contributed by atoms with Gasteiger partial charge in [-0.2, -0.15) is 0 Å². The lowest BCUT2D eigenvalue weighted by Crippen LogP contribution is -2.42. The highest BCUT2D eigenvalue weighted by molar-refractivity contribution is 6.45. The molecule has 0 spiro atoms. The molecule has 2 aliphatic rings. The molecule has 5 heteroatoms. The van der Waals surface area contributed by atoms with E-state index in [1.54, 1.807) is 7.11 Å². The quantitative estimate of drug-likeness (QED) is 0.715. The number of imide groups is 1. The van der Waals surface area contributed by atoms with Crippen LogP contribution in [0.3, 0.4) is 0 Å². The van der Waals surface area contributed by atoms with Crippen LogP contribution in [0.4, 0.5) is 5.69 Å².